The molecule has 0 radical (unpaired) electrons. The monoisotopic (exact) mass is 554 g/mol. The first-order chi connectivity index (χ1) is 17.2. The van der Waals surface area contributed by atoms with Crippen molar-refractivity contribution in [2.75, 3.05) is 49.1 Å². The Morgan fingerprint density at radius 1 is 1.14 bits per heavy atom. The molecule has 0 saturated carbocycles. The molecule has 1 atom stereocenters. The lowest BCUT2D eigenvalue weighted by Gasteiger charge is -2.37. The Bertz CT molecular complexity index is 1160. The summed E-state index contributed by atoms with van der Waals surface area (Å²) in [6, 6.07) is 14.4. The molecule has 1 N–H and O–H groups in total. The molecular formula is C28H35BrN4O3. The molecule has 3 aliphatic rings. The van der Waals surface area contributed by atoms with Gasteiger partial charge in [-0.25, -0.2) is 0 Å². The summed E-state index contributed by atoms with van der Waals surface area (Å²) in [5.41, 5.74) is 6.62. The van der Waals surface area contributed by atoms with Crippen molar-refractivity contribution < 1.29 is 14.4 Å². The lowest BCUT2D eigenvalue weighted by Crippen LogP contribution is -2.48. The van der Waals surface area contributed by atoms with E-state index in [1.54, 1.807) is 0 Å². The van der Waals surface area contributed by atoms with Gasteiger partial charge in [0.1, 0.15) is 17.6 Å². The highest BCUT2D eigenvalue weighted by Crippen LogP contribution is 2.42. The van der Waals surface area contributed by atoms with Gasteiger partial charge in [-0.2, -0.15) is 0 Å². The van der Waals surface area contributed by atoms with Crippen molar-refractivity contribution in [1.29, 1.82) is 0 Å². The molecule has 5 rings (SSSR count). The maximum absolute atomic E-state index is 13.4. The zero-order valence-electron chi connectivity index (χ0n) is 21.5. The summed E-state index contributed by atoms with van der Waals surface area (Å²) >= 11 is 3.56. The molecule has 7 nitrogen and oxygen atoms in total. The number of ether oxygens (including phenoxy) is 1. The van der Waals surface area contributed by atoms with Crippen molar-refractivity contribution in [3.05, 3.63) is 64.3 Å². The van der Waals surface area contributed by atoms with Crippen LogP contribution in [0.5, 0.6) is 5.75 Å². The highest BCUT2D eigenvalue weighted by Gasteiger charge is 2.40. The number of benzene rings is 2. The number of fused-ring (bicyclic) bond motifs is 1. The lowest BCUT2D eigenvalue weighted by molar-refractivity contribution is -0.116. The third-order valence-corrected chi connectivity index (χ3v) is 7.55. The molecule has 0 aliphatic carbocycles. The molecule has 0 bridgehead atoms. The van der Waals surface area contributed by atoms with Crippen LogP contribution in [0.4, 0.5) is 11.4 Å². The molecule has 2 aromatic carbocycles. The summed E-state index contributed by atoms with van der Waals surface area (Å²) in [5.74, 6) is 0.896. The summed E-state index contributed by atoms with van der Waals surface area (Å²) in [5, 5.41) is 0. The third kappa shape index (κ3) is 5.12. The van der Waals surface area contributed by atoms with Crippen LogP contribution in [0.3, 0.4) is 0 Å². The number of halogens is 1. The summed E-state index contributed by atoms with van der Waals surface area (Å²) in [6.45, 7) is 13.5. The van der Waals surface area contributed by atoms with E-state index in [0.717, 1.165) is 54.3 Å². The summed E-state index contributed by atoms with van der Waals surface area (Å²) in [7, 11) is 0. The number of carbonyl (C=O) groups is 1. The number of nitrogens with one attached hydrogen (secondary N) is 1. The molecule has 192 valence electrons. The predicted molar refractivity (Wildman–Crippen MR) is 146 cm³/mol. The fourth-order valence-electron chi connectivity index (χ4n) is 5.27. The van der Waals surface area contributed by atoms with E-state index >= 15 is 0 Å². The zero-order valence-corrected chi connectivity index (χ0v) is 23.0. The van der Waals surface area contributed by atoms with Gasteiger partial charge in [0.2, 0.25) is 0 Å². The standard InChI is InChI=1S/C28H35BrN4O3/c1-19(2)35-26-8-6-5-7-25(26)32-13-11-31(12-14-32)17-21-16-23(30-36-21)27(34)33-18-28(3,4)22-15-20(29)9-10-24(22)33/h5-10,15-16,19,21,30H,11-14,17-18H2,1-4H3/t21-/m0/s1. The fourth-order valence-corrected chi connectivity index (χ4v) is 5.63. The van der Waals surface area contributed by atoms with E-state index in [0.29, 0.717) is 12.2 Å². The number of hydroxylamine groups is 1. The number of hydrogen-bond acceptors (Lipinski definition) is 6. The second-order valence-electron chi connectivity index (χ2n) is 10.7. The van der Waals surface area contributed by atoms with Gasteiger partial charge in [0.05, 0.1) is 11.8 Å². The molecule has 0 aromatic heterocycles. The Hall–Kier alpha value is -2.55. The molecule has 8 heteroatoms. The van der Waals surface area contributed by atoms with Crippen LogP contribution in [-0.2, 0) is 15.0 Å². The minimum absolute atomic E-state index is 0.0433. The molecule has 3 heterocycles. The number of carbonyl (C=O) groups excluding carboxylic acids is 1. The summed E-state index contributed by atoms with van der Waals surface area (Å²) < 4.78 is 7.05. The number of amides is 1. The van der Waals surface area contributed by atoms with E-state index in [1.807, 2.05) is 35.2 Å². The van der Waals surface area contributed by atoms with Crippen molar-refractivity contribution in [3.8, 4) is 5.75 Å². The molecule has 1 fully saturated rings. The van der Waals surface area contributed by atoms with E-state index in [1.165, 1.54) is 5.56 Å². The quantitative estimate of drug-likeness (QED) is 0.568. The van der Waals surface area contributed by atoms with Crippen molar-refractivity contribution in [1.82, 2.24) is 10.4 Å². The first-order valence-electron chi connectivity index (χ1n) is 12.7. The van der Waals surface area contributed by atoms with Crippen LogP contribution in [-0.4, -0.2) is 62.3 Å². The van der Waals surface area contributed by atoms with Crippen LogP contribution in [0.1, 0.15) is 33.3 Å². The SMILES string of the molecule is CC(C)Oc1ccccc1N1CCN(C[C@@H]2C=C(C(=O)N3CC(C)(C)c4cc(Br)ccc43)NO2)CC1. The van der Waals surface area contributed by atoms with Gasteiger partial charge in [0.15, 0.2) is 0 Å². The van der Waals surface area contributed by atoms with Gasteiger partial charge >= 0.3 is 0 Å². The van der Waals surface area contributed by atoms with Gasteiger partial charge in [-0.1, -0.05) is 41.9 Å². The highest BCUT2D eigenvalue weighted by molar-refractivity contribution is 9.10. The Morgan fingerprint density at radius 3 is 2.64 bits per heavy atom. The number of para-hydroxylation sites is 2. The number of hydrogen-bond donors (Lipinski definition) is 1. The van der Waals surface area contributed by atoms with Crippen molar-refractivity contribution >= 4 is 33.2 Å². The van der Waals surface area contributed by atoms with Gasteiger partial charge in [-0.3, -0.25) is 20.0 Å². The zero-order chi connectivity index (χ0) is 25.4. The van der Waals surface area contributed by atoms with Crippen molar-refractivity contribution in [2.45, 2.75) is 45.3 Å². The van der Waals surface area contributed by atoms with E-state index < -0.39 is 0 Å². The maximum Gasteiger partial charge on any atom is 0.276 e. The largest absolute Gasteiger partial charge is 0.489 e. The number of piperazine rings is 1. The van der Waals surface area contributed by atoms with Gasteiger partial charge in [0.25, 0.3) is 5.91 Å². The second-order valence-corrected chi connectivity index (χ2v) is 11.6. The summed E-state index contributed by atoms with van der Waals surface area (Å²) in [6.07, 6.45) is 1.92. The maximum atomic E-state index is 13.4. The summed E-state index contributed by atoms with van der Waals surface area (Å²) in [4.78, 5) is 25.9. The Balaban J connectivity index is 1.19. The van der Waals surface area contributed by atoms with Gasteiger partial charge < -0.3 is 14.5 Å². The second kappa shape index (κ2) is 10.1. The highest BCUT2D eigenvalue weighted by atomic mass is 79.9. The Labute approximate surface area is 222 Å². The van der Waals surface area contributed by atoms with Crippen LogP contribution in [0.25, 0.3) is 0 Å². The van der Waals surface area contributed by atoms with Gasteiger partial charge in [0, 0.05) is 54.8 Å². The normalized spacial score (nSPS) is 21.4. The molecule has 1 amide bonds. The van der Waals surface area contributed by atoms with Crippen LogP contribution >= 0.6 is 15.9 Å². The van der Waals surface area contributed by atoms with E-state index in [-0.39, 0.29) is 23.5 Å². The average molecular weight is 556 g/mol. The van der Waals surface area contributed by atoms with E-state index in [2.05, 4.69) is 77.1 Å². The fraction of sp³-hybridized carbons (Fsp3) is 0.464. The van der Waals surface area contributed by atoms with Crippen LogP contribution < -0.4 is 20.0 Å². The minimum Gasteiger partial charge on any atom is -0.489 e. The topological polar surface area (TPSA) is 57.3 Å². The molecule has 0 spiro atoms. The van der Waals surface area contributed by atoms with Crippen LogP contribution in [0.15, 0.2) is 58.7 Å². The third-order valence-electron chi connectivity index (χ3n) is 7.06. The molecular weight excluding hydrogens is 520 g/mol. The predicted octanol–water partition coefficient (Wildman–Crippen LogP) is 4.47. The Kier molecular flexibility index (Phi) is 7.03. The lowest BCUT2D eigenvalue weighted by atomic mass is 9.87. The number of anilines is 2. The average Bonchev–Trinajstić information content (AvgIpc) is 3.41. The first-order valence-corrected chi connectivity index (χ1v) is 13.5. The van der Waals surface area contributed by atoms with E-state index in [9.17, 15) is 4.79 Å². The van der Waals surface area contributed by atoms with Crippen molar-refractivity contribution in [3.63, 3.8) is 0 Å². The van der Waals surface area contributed by atoms with Gasteiger partial charge in [-0.05, 0) is 55.8 Å². The van der Waals surface area contributed by atoms with E-state index in [4.69, 9.17) is 9.57 Å². The first kappa shape index (κ1) is 25.1. The van der Waals surface area contributed by atoms with Crippen LogP contribution in [0.2, 0.25) is 0 Å². The smallest absolute Gasteiger partial charge is 0.276 e. The van der Waals surface area contributed by atoms with Crippen LogP contribution in [0, 0.1) is 0 Å². The Morgan fingerprint density at radius 2 is 1.89 bits per heavy atom. The molecule has 2 aromatic rings. The minimum atomic E-state index is -0.160. The van der Waals surface area contributed by atoms with Gasteiger partial charge in [-0.15, -0.1) is 0 Å². The molecule has 3 aliphatic heterocycles. The van der Waals surface area contributed by atoms with Crippen molar-refractivity contribution in [2.24, 2.45) is 0 Å². The molecule has 36 heavy (non-hydrogen) atoms. The number of nitrogens with zero attached hydrogens (tertiary/aromatic N) is 3. The number of rotatable bonds is 6. The molecule has 1 saturated heterocycles. The molecule has 0 unspecified atom stereocenters.